The van der Waals surface area contributed by atoms with Crippen LogP contribution in [0.1, 0.15) is 11.1 Å². The zero-order valence-electron chi connectivity index (χ0n) is 17.1. The largest absolute Gasteiger partial charge is 0.456 e. The van der Waals surface area contributed by atoms with Crippen molar-refractivity contribution >= 4 is 32.5 Å². The highest BCUT2D eigenvalue weighted by Gasteiger charge is 2.31. The number of halogens is 4. The van der Waals surface area contributed by atoms with Crippen molar-refractivity contribution in [2.45, 2.75) is 17.6 Å². The molecule has 11 heteroatoms. The summed E-state index contributed by atoms with van der Waals surface area (Å²) < 4.78 is 72.0. The average Bonchev–Trinajstić information content (AvgIpc) is 3.14. The van der Waals surface area contributed by atoms with Crippen LogP contribution in [0.15, 0.2) is 72.0 Å². The third-order valence-electron chi connectivity index (χ3n) is 4.87. The number of pyridine rings is 1. The SMILES string of the molecule is CNCc1cn(S(=O)(=O)c2cccnc2)c2cc(Oc3ccc(C(F)(F)F)cc3Cl)ccc12. The molecule has 2 aromatic heterocycles. The molecule has 0 aliphatic heterocycles. The first kappa shape index (κ1) is 23.1. The van der Waals surface area contributed by atoms with Crippen molar-refractivity contribution in [3.63, 3.8) is 0 Å². The van der Waals surface area contributed by atoms with E-state index in [9.17, 15) is 21.6 Å². The van der Waals surface area contributed by atoms with E-state index in [1.807, 2.05) is 0 Å². The molecule has 0 atom stereocenters. The van der Waals surface area contributed by atoms with Crippen LogP contribution in [-0.2, 0) is 22.7 Å². The van der Waals surface area contributed by atoms with Gasteiger partial charge in [0.15, 0.2) is 0 Å². The van der Waals surface area contributed by atoms with Gasteiger partial charge in [-0.25, -0.2) is 12.4 Å². The molecule has 0 unspecified atom stereocenters. The Labute approximate surface area is 192 Å². The minimum atomic E-state index is -4.54. The topological polar surface area (TPSA) is 73.2 Å². The Kier molecular flexibility index (Phi) is 6.08. The summed E-state index contributed by atoms with van der Waals surface area (Å²) in [6.45, 7) is 0.414. The second kappa shape index (κ2) is 8.69. The molecule has 33 heavy (non-hydrogen) atoms. The molecule has 0 aliphatic rings. The molecule has 0 radical (unpaired) electrons. The molecule has 2 aromatic carbocycles. The van der Waals surface area contributed by atoms with Gasteiger partial charge in [-0.15, -0.1) is 0 Å². The van der Waals surface area contributed by atoms with Gasteiger partial charge in [0.2, 0.25) is 0 Å². The summed E-state index contributed by atoms with van der Waals surface area (Å²) in [6.07, 6.45) is -0.301. The van der Waals surface area contributed by atoms with Gasteiger partial charge in [-0.1, -0.05) is 11.6 Å². The second-order valence-corrected chi connectivity index (χ2v) is 9.32. The predicted octanol–water partition coefficient (Wildman–Crippen LogP) is 5.46. The van der Waals surface area contributed by atoms with Crippen molar-refractivity contribution in [1.82, 2.24) is 14.3 Å². The average molecular weight is 496 g/mol. The molecule has 172 valence electrons. The lowest BCUT2D eigenvalue weighted by atomic mass is 10.1. The first-order valence-corrected chi connectivity index (χ1v) is 11.4. The van der Waals surface area contributed by atoms with Crippen LogP contribution in [0, 0.1) is 0 Å². The lowest BCUT2D eigenvalue weighted by Crippen LogP contribution is -2.12. The Hall–Kier alpha value is -3.08. The zero-order valence-corrected chi connectivity index (χ0v) is 18.7. The maximum absolute atomic E-state index is 13.3. The number of hydrogen-bond donors (Lipinski definition) is 1. The first-order chi connectivity index (χ1) is 15.6. The van der Waals surface area contributed by atoms with Gasteiger partial charge in [-0.2, -0.15) is 13.2 Å². The summed E-state index contributed by atoms with van der Waals surface area (Å²) in [6, 6.07) is 10.5. The fraction of sp³-hybridized carbons (Fsp3) is 0.136. The summed E-state index contributed by atoms with van der Waals surface area (Å²) in [5.41, 5.74) is 0.173. The van der Waals surface area contributed by atoms with Gasteiger partial charge in [0.25, 0.3) is 10.0 Å². The minimum Gasteiger partial charge on any atom is -0.456 e. The maximum Gasteiger partial charge on any atom is 0.416 e. The van der Waals surface area contributed by atoms with Crippen molar-refractivity contribution in [2.24, 2.45) is 0 Å². The van der Waals surface area contributed by atoms with Gasteiger partial charge in [0.1, 0.15) is 16.4 Å². The Balaban J connectivity index is 1.79. The quantitative estimate of drug-likeness (QED) is 0.384. The van der Waals surface area contributed by atoms with E-state index < -0.39 is 21.8 Å². The van der Waals surface area contributed by atoms with Crippen molar-refractivity contribution in [3.8, 4) is 11.5 Å². The summed E-state index contributed by atoms with van der Waals surface area (Å²) in [5.74, 6) is 0.216. The van der Waals surface area contributed by atoms with Crippen LogP contribution >= 0.6 is 11.6 Å². The normalized spacial score (nSPS) is 12.3. The fourth-order valence-electron chi connectivity index (χ4n) is 3.34. The number of nitrogens with one attached hydrogen (secondary N) is 1. The summed E-state index contributed by atoms with van der Waals surface area (Å²) in [5, 5.41) is 3.45. The van der Waals surface area contributed by atoms with Crippen molar-refractivity contribution < 1.29 is 26.3 Å². The molecule has 0 spiro atoms. The van der Waals surface area contributed by atoms with Crippen LogP contribution in [0.4, 0.5) is 13.2 Å². The molecule has 0 amide bonds. The summed E-state index contributed by atoms with van der Waals surface area (Å²) in [4.78, 5) is 3.89. The Morgan fingerprint density at radius 1 is 1.15 bits per heavy atom. The highest BCUT2D eigenvalue weighted by Crippen LogP contribution is 2.37. The molecular weight excluding hydrogens is 479 g/mol. The standard InChI is InChI=1S/C22H17ClF3N3O3S/c1-27-11-14-13-29(33(30,31)17-3-2-8-28-12-17)20-10-16(5-6-18(14)20)32-21-7-4-15(9-19(21)23)22(24,25)26/h2-10,12-13,27H,11H2,1H3. The van der Waals surface area contributed by atoms with Crippen LogP contribution < -0.4 is 10.1 Å². The van der Waals surface area contributed by atoms with Crippen molar-refractivity contribution in [2.75, 3.05) is 7.05 Å². The Morgan fingerprint density at radius 2 is 1.94 bits per heavy atom. The predicted molar refractivity (Wildman–Crippen MR) is 118 cm³/mol. The van der Waals surface area contributed by atoms with Crippen LogP contribution in [0.25, 0.3) is 10.9 Å². The van der Waals surface area contributed by atoms with Gasteiger partial charge in [0.05, 0.1) is 16.1 Å². The smallest absolute Gasteiger partial charge is 0.416 e. The second-order valence-electron chi connectivity index (χ2n) is 7.10. The zero-order chi connectivity index (χ0) is 23.8. The number of benzene rings is 2. The highest BCUT2D eigenvalue weighted by molar-refractivity contribution is 7.90. The number of rotatable bonds is 6. The van der Waals surface area contributed by atoms with Gasteiger partial charge in [-0.05, 0) is 55.1 Å². The van der Waals surface area contributed by atoms with Gasteiger partial charge in [-0.3, -0.25) is 4.98 Å². The lowest BCUT2D eigenvalue weighted by molar-refractivity contribution is -0.137. The number of alkyl halides is 3. The third-order valence-corrected chi connectivity index (χ3v) is 6.82. The molecule has 6 nitrogen and oxygen atoms in total. The number of nitrogens with zero attached hydrogens (tertiary/aromatic N) is 2. The van der Waals surface area contributed by atoms with Gasteiger partial charge >= 0.3 is 6.18 Å². The van der Waals surface area contributed by atoms with Crippen molar-refractivity contribution in [1.29, 1.82) is 0 Å². The first-order valence-electron chi connectivity index (χ1n) is 9.60. The number of aromatic nitrogens is 2. The monoisotopic (exact) mass is 495 g/mol. The molecule has 0 aliphatic carbocycles. The van der Waals surface area contributed by atoms with E-state index in [1.165, 1.54) is 36.8 Å². The van der Waals surface area contributed by atoms with Crippen LogP contribution in [-0.4, -0.2) is 24.4 Å². The van der Waals surface area contributed by atoms with Gasteiger partial charge < -0.3 is 10.1 Å². The van der Waals surface area contributed by atoms with E-state index in [-0.39, 0.29) is 21.4 Å². The third kappa shape index (κ3) is 4.54. The number of hydrogen-bond acceptors (Lipinski definition) is 5. The molecule has 4 rings (SSSR count). The van der Waals surface area contributed by atoms with E-state index >= 15 is 0 Å². The van der Waals surface area contributed by atoms with E-state index in [4.69, 9.17) is 16.3 Å². The molecule has 0 fully saturated rings. The number of ether oxygens (including phenoxy) is 1. The molecule has 4 aromatic rings. The van der Waals surface area contributed by atoms with E-state index in [2.05, 4.69) is 10.3 Å². The highest BCUT2D eigenvalue weighted by atomic mass is 35.5. The lowest BCUT2D eigenvalue weighted by Gasteiger charge is -2.12. The molecular formula is C22H17ClF3N3O3S. The van der Waals surface area contributed by atoms with Crippen LogP contribution in [0.2, 0.25) is 5.02 Å². The Morgan fingerprint density at radius 3 is 2.58 bits per heavy atom. The maximum atomic E-state index is 13.3. The molecule has 0 saturated heterocycles. The van der Waals surface area contributed by atoms with E-state index in [0.29, 0.717) is 17.4 Å². The van der Waals surface area contributed by atoms with Crippen LogP contribution in [0.3, 0.4) is 0 Å². The van der Waals surface area contributed by atoms with E-state index in [1.54, 1.807) is 19.2 Å². The fourth-order valence-corrected chi connectivity index (χ4v) is 4.91. The van der Waals surface area contributed by atoms with E-state index in [0.717, 1.165) is 27.7 Å². The van der Waals surface area contributed by atoms with Gasteiger partial charge in [0, 0.05) is 36.6 Å². The Bertz CT molecular complexity index is 1420. The van der Waals surface area contributed by atoms with Crippen molar-refractivity contribution in [3.05, 3.63) is 83.3 Å². The molecule has 0 saturated carbocycles. The summed E-state index contributed by atoms with van der Waals surface area (Å²) in [7, 11) is -2.22. The molecule has 0 bridgehead atoms. The minimum absolute atomic E-state index is 0.00712. The summed E-state index contributed by atoms with van der Waals surface area (Å²) >= 11 is 5.99. The molecule has 1 N–H and O–H groups in total. The number of fused-ring (bicyclic) bond motifs is 1. The van der Waals surface area contributed by atoms with Crippen LogP contribution in [0.5, 0.6) is 11.5 Å². The molecule has 2 heterocycles.